The highest BCUT2D eigenvalue weighted by Crippen LogP contribution is 2.34. The number of anilines is 1. The maximum atomic E-state index is 13.0. The van der Waals surface area contributed by atoms with Gasteiger partial charge in [-0.25, -0.2) is 4.98 Å². The first-order valence-corrected chi connectivity index (χ1v) is 11.3. The molecule has 31 heavy (non-hydrogen) atoms. The van der Waals surface area contributed by atoms with E-state index in [0.29, 0.717) is 10.9 Å². The van der Waals surface area contributed by atoms with Crippen molar-refractivity contribution < 1.29 is 4.79 Å². The molecule has 1 amide bonds. The van der Waals surface area contributed by atoms with Gasteiger partial charge in [0.05, 0.1) is 22.0 Å². The zero-order valence-electron chi connectivity index (χ0n) is 18.1. The number of fused-ring (bicyclic) bond motifs is 1. The lowest BCUT2D eigenvalue weighted by atomic mass is 10.1. The number of carbonyl (C=O) groups is 1. The third-order valence-corrected chi connectivity index (χ3v) is 6.89. The van der Waals surface area contributed by atoms with Crippen LogP contribution in [0.2, 0.25) is 5.02 Å². The lowest BCUT2D eigenvalue weighted by molar-refractivity contribution is -0.136. The number of nitrogens with one attached hydrogen (secondary N) is 1. The zero-order chi connectivity index (χ0) is 21.5. The van der Waals surface area contributed by atoms with Crippen molar-refractivity contribution in [3.63, 3.8) is 0 Å². The zero-order valence-corrected chi connectivity index (χ0v) is 18.8. The van der Waals surface area contributed by atoms with Crippen molar-refractivity contribution in [2.24, 2.45) is 5.92 Å². The lowest BCUT2D eigenvalue weighted by Crippen LogP contribution is -2.49. The second-order valence-corrected chi connectivity index (χ2v) is 9.24. The summed E-state index contributed by atoms with van der Waals surface area (Å²) in [4.78, 5) is 27.8. The number of rotatable bonds is 3. The van der Waals surface area contributed by atoms with Crippen molar-refractivity contribution >= 4 is 34.2 Å². The van der Waals surface area contributed by atoms with Crippen LogP contribution in [-0.2, 0) is 4.79 Å². The Morgan fingerprint density at radius 3 is 2.71 bits per heavy atom. The van der Waals surface area contributed by atoms with Gasteiger partial charge in [-0.3, -0.25) is 4.79 Å². The molecule has 2 aliphatic heterocycles. The van der Waals surface area contributed by atoms with E-state index in [1.54, 1.807) is 0 Å². The molecule has 6 nitrogen and oxygen atoms in total. The number of aromatic amines is 1. The van der Waals surface area contributed by atoms with E-state index in [1.807, 2.05) is 23.1 Å². The van der Waals surface area contributed by atoms with Crippen LogP contribution in [0.25, 0.3) is 22.4 Å². The number of benzene rings is 2. The molecule has 162 valence electrons. The summed E-state index contributed by atoms with van der Waals surface area (Å²) in [5.74, 6) is 1.14. The molecular weight excluding hydrogens is 410 g/mol. The molecule has 1 N–H and O–H groups in total. The van der Waals surface area contributed by atoms with Gasteiger partial charge in [-0.05, 0) is 56.3 Å². The van der Waals surface area contributed by atoms with Crippen molar-refractivity contribution in [1.82, 2.24) is 19.8 Å². The number of aromatic nitrogens is 2. The first-order chi connectivity index (χ1) is 15.0. The first kappa shape index (κ1) is 20.3. The van der Waals surface area contributed by atoms with Crippen molar-refractivity contribution in [3.05, 3.63) is 47.0 Å². The minimum absolute atomic E-state index is 0.0664. The van der Waals surface area contributed by atoms with E-state index in [-0.39, 0.29) is 5.92 Å². The molecule has 1 unspecified atom stereocenters. The van der Waals surface area contributed by atoms with Crippen LogP contribution < -0.4 is 4.90 Å². The second kappa shape index (κ2) is 8.17. The van der Waals surface area contributed by atoms with Gasteiger partial charge in [0.1, 0.15) is 5.82 Å². The van der Waals surface area contributed by atoms with E-state index in [1.165, 1.54) is 5.56 Å². The number of aryl methyl sites for hydroxylation is 1. The highest BCUT2D eigenvalue weighted by Gasteiger charge is 2.32. The van der Waals surface area contributed by atoms with Crippen LogP contribution in [0.15, 0.2) is 36.4 Å². The molecule has 2 aromatic carbocycles. The molecule has 1 atom stereocenters. The molecule has 7 heteroatoms. The number of carbonyl (C=O) groups excluding carboxylic acids is 1. The second-order valence-electron chi connectivity index (χ2n) is 8.83. The molecule has 2 aliphatic rings. The average molecular weight is 438 g/mol. The van der Waals surface area contributed by atoms with Gasteiger partial charge in [0.25, 0.3) is 0 Å². The minimum atomic E-state index is 0.0664. The molecular formula is C24H28ClN5O. The Hall–Kier alpha value is -2.57. The van der Waals surface area contributed by atoms with E-state index in [0.717, 1.165) is 73.8 Å². The fourth-order valence-electron chi connectivity index (χ4n) is 4.62. The van der Waals surface area contributed by atoms with Gasteiger partial charge in [0.15, 0.2) is 0 Å². The Morgan fingerprint density at radius 2 is 1.90 bits per heavy atom. The molecule has 3 heterocycles. The molecule has 0 saturated carbocycles. The number of hydrogen-bond acceptors (Lipinski definition) is 4. The van der Waals surface area contributed by atoms with Gasteiger partial charge in [0, 0.05) is 50.5 Å². The van der Waals surface area contributed by atoms with Crippen molar-refractivity contribution in [3.8, 4) is 11.4 Å². The topological polar surface area (TPSA) is 55.5 Å². The van der Waals surface area contributed by atoms with Gasteiger partial charge in [0.2, 0.25) is 5.91 Å². The van der Waals surface area contributed by atoms with Crippen LogP contribution >= 0.6 is 11.6 Å². The average Bonchev–Trinajstić information content (AvgIpc) is 3.41. The van der Waals surface area contributed by atoms with Gasteiger partial charge in [-0.2, -0.15) is 0 Å². The van der Waals surface area contributed by atoms with Gasteiger partial charge >= 0.3 is 0 Å². The number of halogens is 1. The molecule has 1 aromatic heterocycles. The molecule has 2 saturated heterocycles. The Morgan fingerprint density at radius 1 is 1.10 bits per heavy atom. The Labute approximate surface area is 187 Å². The van der Waals surface area contributed by atoms with Crippen LogP contribution in [0.5, 0.6) is 0 Å². The summed E-state index contributed by atoms with van der Waals surface area (Å²) >= 11 is 6.55. The van der Waals surface area contributed by atoms with E-state index in [4.69, 9.17) is 16.6 Å². The third-order valence-electron chi connectivity index (χ3n) is 6.56. The van der Waals surface area contributed by atoms with Crippen LogP contribution in [-0.4, -0.2) is 72.0 Å². The number of nitrogens with zero attached hydrogens (tertiary/aromatic N) is 4. The van der Waals surface area contributed by atoms with Crippen LogP contribution in [0.3, 0.4) is 0 Å². The molecule has 0 radical (unpaired) electrons. The number of imidazole rings is 1. The Balaban J connectivity index is 1.35. The van der Waals surface area contributed by atoms with Gasteiger partial charge in [-0.1, -0.05) is 17.7 Å². The van der Waals surface area contributed by atoms with Crippen LogP contribution in [0.4, 0.5) is 5.69 Å². The monoisotopic (exact) mass is 437 g/mol. The number of hydrogen-bond donors (Lipinski definition) is 1. The summed E-state index contributed by atoms with van der Waals surface area (Å²) in [6, 6.07) is 12.3. The predicted molar refractivity (Wildman–Crippen MR) is 126 cm³/mol. The summed E-state index contributed by atoms with van der Waals surface area (Å²) in [7, 11) is 2.11. The Kier molecular flexibility index (Phi) is 5.36. The summed E-state index contributed by atoms with van der Waals surface area (Å²) in [5, 5.41) is 0.670. The fraction of sp³-hybridized carbons (Fsp3) is 0.417. The standard InChI is InChI=1S/C24H28ClN5O/c1-16-3-6-21-22(13-16)27-23(26-21)19-14-18(4-5-20(19)25)30-8-7-17(15-30)24(31)29-11-9-28(2)10-12-29/h3-6,13-14,17H,7-12,15H2,1-2H3,(H,26,27). The van der Waals surface area contributed by atoms with E-state index in [2.05, 4.69) is 47.0 Å². The maximum Gasteiger partial charge on any atom is 0.227 e. The number of H-pyrrole nitrogens is 1. The fourth-order valence-corrected chi connectivity index (χ4v) is 4.83. The molecule has 0 bridgehead atoms. The summed E-state index contributed by atoms with van der Waals surface area (Å²) in [5.41, 5.74) is 5.11. The highest BCUT2D eigenvalue weighted by molar-refractivity contribution is 6.33. The smallest absolute Gasteiger partial charge is 0.227 e. The van der Waals surface area contributed by atoms with Gasteiger partial charge in [-0.15, -0.1) is 0 Å². The van der Waals surface area contributed by atoms with Crippen LogP contribution in [0.1, 0.15) is 12.0 Å². The summed E-state index contributed by atoms with van der Waals surface area (Å²) in [6.45, 7) is 7.29. The summed E-state index contributed by atoms with van der Waals surface area (Å²) in [6.07, 6.45) is 0.896. The normalized spacial score (nSPS) is 20.0. The predicted octanol–water partition coefficient (Wildman–Crippen LogP) is 3.79. The van der Waals surface area contributed by atoms with E-state index >= 15 is 0 Å². The molecule has 3 aromatic rings. The molecule has 2 fully saturated rings. The number of likely N-dealkylation sites (N-methyl/N-ethyl adjacent to an activating group) is 1. The highest BCUT2D eigenvalue weighted by atomic mass is 35.5. The first-order valence-electron chi connectivity index (χ1n) is 11.0. The molecule has 0 aliphatic carbocycles. The third kappa shape index (κ3) is 4.02. The van der Waals surface area contributed by atoms with E-state index in [9.17, 15) is 4.79 Å². The van der Waals surface area contributed by atoms with Crippen LogP contribution in [0, 0.1) is 12.8 Å². The van der Waals surface area contributed by atoms with Gasteiger partial charge < -0.3 is 19.7 Å². The maximum absolute atomic E-state index is 13.0. The SMILES string of the molecule is Cc1ccc2nc(-c3cc(N4CCC(C(=O)N5CCN(C)CC5)C4)ccc3Cl)[nH]c2c1. The Bertz CT molecular complexity index is 1120. The largest absolute Gasteiger partial charge is 0.371 e. The van der Waals surface area contributed by atoms with E-state index < -0.39 is 0 Å². The quantitative estimate of drug-likeness (QED) is 0.677. The summed E-state index contributed by atoms with van der Waals surface area (Å²) < 4.78 is 0. The number of amides is 1. The van der Waals surface area contributed by atoms with Crippen molar-refractivity contribution in [1.29, 1.82) is 0 Å². The lowest BCUT2D eigenvalue weighted by Gasteiger charge is -2.34. The van der Waals surface area contributed by atoms with Crippen molar-refractivity contribution in [2.75, 3.05) is 51.2 Å². The number of piperazine rings is 1. The molecule has 0 spiro atoms. The molecule has 5 rings (SSSR count). The van der Waals surface area contributed by atoms with Crippen molar-refractivity contribution in [2.45, 2.75) is 13.3 Å². The minimum Gasteiger partial charge on any atom is -0.371 e.